The molecule has 162 valence electrons. The number of nitrogens with zero attached hydrogens (tertiary/aromatic N) is 2. The van der Waals surface area contributed by atoms with Crippen molar-refractivity contribution in [3.8, 4) is 11.8 Å². The van der Waals surface area contributed by atoms with Crippen LogP contribution in [0.2, 0.25) is 5.02 Å². The summed E-state index contributed by atoms with van der Waals surface area (Å²) in [6.45, 7) is 2.35. The standard InChI is InChI=1S/C22H17ClN4O4S/c1-2-31-17-9-5-15(6-10-17)25-19(28)13(12-24)11-18-20(29)26-22(32)27(21(18)30)16-7-3-14(23)4-8-16/h3-11,18H,2H2,1H3,(H,25,28)(H,26,29,32)/b13-11-/t18-/m1/s1. The Morgan fingerprint density at radius 3 is 2.50 bits per heavy atom. The van der Waals surface area contributed by atoms with E-state index >= 15 is 0 Å². The van der Waals surface area contributed by atoms with E-state index in [0.29, 0.717) is 28.8 Å². The van der Waals surface area contributed by atoms with Crippen molar-refractivity contribution in [2.24, 2.45) is 5.92 Å². The molecule has 1 aliphatic rings. The van der Waals surface area contributed by atoms with Crippen LogP contribution < -0.4 is 20.3 Å². The molecule has 0 bridgehead atoms. The molecule has 2 aromatic rings. The van der Waals surface area contributed by atoms with Crippen LogP contribution in [-0.4, -0.2) is 29.4 Å². The number of anilines is 2. The molecule has 0 unspecified atom stereocenters. The van der Waals surface area contributed by atoms with Gasteiger partial charge >= 0.3 is 0 Å². The van der Waals surface area contributed by atoms with Gasteiger partial charge in [0.1, 0.15) is 23.3 Å². The molecule has 0 aliphatic carbocycles. The first kappa shape index (κ1) is 22.9. The van der Waals surface area contributed by atoms with Crippen LogP contribution >= 0.6 is 23.8 Å². The second-order valence-electron chi connectivity index (χ2n) is 6.53. The van der Waals surface area contributed by atoms with E-state index in [-0.39, 0.29) is 5.11 Å². The molecular weight excluding hydrogens is 452 g/mol. The van der Waals surface area contributed by atoms with Gasteiger partial charge in [0.25, 0.3) is 5.91 Å². The monoisotopic (exact) mass is 468 g/mol. The molecular formula is C22H17ClN4O4S. The maximum Gasteiger partial charge on any atom is 0.266 e. The van der Waals surface area contributed by atoms with E-state index in [2.05, 4.69) is 10.6 Å². The maximum absolute atomic E-state index is 13.0. The first-order valence-electron chi connectivity index (χ1n) is 9.44. The zero-order valence-electron chi connectivity index (χ0n) is 16.8. The van der Waals surface area contributed by atoms with Gasteiger partial charge in [-0.2, -0.15) is 5.26 Å². The molecule has 1 fully saturated rings. The highest BCUT2D eigenvalue weighted by molar-refractivity contribution is 7.80. The topological polar surface area (TPSA) is 112 Å². The molecule has 1 heterocycles. The van der Waals surface area contributed by atoms with Gasteiger partial charge in [-0.05, 0) is 73.7 Å². The average Bonchev–Trinajstić information content (AvgIpc) is 2.76. The van der Waals surface area contributed by atoms with Crippen molar-refractivity contribution in [1.82, 2.24) is 5.32 Å². The Morgan fingerprint density at radius 1 is 1.25 bits per heavy atom. The van der Waals surface area contributed by atoms with Gasteiger partial charge in [0.15, 0.2) is 5.11 Å². The lowest BCUT2D eigenvalue weighted by Crippen LogP contribution is -2.57. The number of thiocarbonyl (C=S) groups is 1. The van der Waals surface area contributed by atoms with Crippen molar-refractivity contribution in [1.29, 1.82) is 5.26 Å². The number of carbonyl (C=O) groups excluding carboxylic acids is 3. The molecule has 0 spiro atoms. The first-order chi connectivity index (χ1) is 15.3. The van der Waals surface area contributed by atoms with E-state index in [9.17, 15) is 19.6 Å². The zero-order chi connectivity index (χ0) is 23.3. The number of nitriles is 1. The molecule has 3 rings (SSSR count). The van der Waals surface area contributed by atoms with E-state index in [0.717, 1.165) is 11.0 Å². The highest BCUT2D eigenvalue weighted by Gasteiger charge is 2.38. The Labute approximate surface area is 194 Å². The number of nitrogens with one attached hydrogen (secondary N) is 2. The van der Waals surface area contributed by atoms with Gasteiger partial charge in [-0.3, -0.25) is 19.3 Å². The summed E-state index contributed by atoms with van der Waals surface area (Å²) in [5.41, 5.74) is 0.416. The highest BCUT2D eigenvalue weighted by Crippen LogP contribution is 2.24. The first-order valence-corrected chi connectivity index (χ1v) is 10.2. The third-order valence-corrected chi connectivity index (χ3v) is 4.95. The lowest BCUT2D eigenvalue weighted by atomic mass is 10.0. The molecule has 0 saturated carbocycles. The molecule has 2 aromatic carbocycles. The summed E-state index contributed by atoms with van der Waals surface area (Å²) in [6, 6.07) is 14.5. The van der Waals surface area contributed by atoms with Gasteiger partial charge in [0.2, 0.25) is 11.8 Å². The summed E-state index contributed by atoms with van der Waals surface area (Å²) in [4.78, 5) is 39.1. The summed E-state index contributed by atoms with van der Waals surface area (Å²) in [6.07, 6.45) is 1.02. The molecule has 10 heteroatoms. The SMILES string of the molecule is CCOc1ccc(NC(=O)/C(C#N)=C\[C@@H]2C(=O)NC(=S)N(c3ccc(Cl)cc3)C2=O)cc1. The van der Waals surface area contributed by atoms with Crippen molar-refractivity contribution in [2.45, 2.75) is 6.92 Å². The van der Waals surface area contributed by atoms with Gasteiger partial charge in [-0.25, -0.2) is 0 Å². The van der Waals surface area contributed by atoms with Crippen molar-refractivity contribution >= 4 is 58.0 Å². The van der Waals surface area contributed by atoms with Crippen LogP contribution in [0.3, 0.4) is 0 Å². The fourth-order valence-electron chi connectivity index (χ4n) is 2.90. The van der Waals surface area contributed by atoms with E-state index in [1.165, 1.54) is 0 Å². The Hall–Kier alpha value is -3.74. The van der Waals surface area contributed by atoms with Gasteiger partial charge in [0.05, 0.1) is 12.3 Å². The number of halogens is 1. The van der Waals surface area contributed by atoms with Crippen LogP contribution in [0.5, 0.6) is 5.75 Å². The predicted molar refractivity (Wildman–Crippen MR) is 123 cm³/mol. The molecule has 1 saturated heterocycles. The minimum absolute atomic E-state index is 0.107. The number of rotatable bonds is 6. The smallest absolute Gasteiger partial charge is 0.266 e. The number of carbonyl (C=O) groups is 3. The van der Waals surface area contributed by atoms with Crippen LogP contribution in [0.15, 0.2) is 60.2 Å². The normalized spacial score (nSPS) is 16.3. The Kier molecular flexibility index (Phi) is 7.20. The van der Waals surface area contributed by atoms with Crippen molar-refractivity contribution in [3.63, 3.8) is 0 Å². The number of ether oxygens (including phenoxy) is 1. The average molecular weight is 469 g/mol. The Morgan fingerprint density at radius 2 is 1.91 bits per heavy atom. The van der Waals surface area contributed by atoms with Gasteiger partial charge in [-0.1, -0.05) is 11.6 Å². The molecule has 1 aliphatic heterocycles. The van der Waals surface area contributed by atoms with Gasteiger partial charge in [-0.15, -0.1) is 0 Å². The largest absolute Gasteiger partial charge is 0.494 e. The van der Waals surface area contributed by atoms with E-state index < -0.39 is 29.2 Å². The minimum Gasteiger partial charge on any atom is -0.494 e. The van der Waals surface area contributed by atoms with Gasteiger partial charge in [0, 0.05) is 10.7 Å². The van der Waals surface area contributed by atoms with E-state index in [4.69, 9.17) is 28.6 Å². The molecule has 32 heavy (non-hydrogen) atoms. The fraction of sp³-hybridized carbons (Fsp3) is 0.136. The molecule has 0 radical (unpaired) electrons. The summed E-state index contributed by atoms with van der Waals surface area (Å²) in [7, 11) is 0. The second-order valence-corrected chi connectivity index (χ2v) is 7.35. The van der Waals surface area contributed by atoms with Crippen LogP contribution in [0.1, 0.15) is 6.92 Å². The Balaban J connectivity index is 1.82. The van der Waals surface area contributed by atoms with E-state index in [1.807, 2.05) is 6.92 Å². The highest BCUT2D eigenvalue weighted by atomic mass is 35.5. The molecule has 8 nitrogen and oxygen atoms in total. The van der Waals surface area contributed by atoms with Gasteiger partial charge < -0.3 is 15.4 Å². The zero-order valence-corrected chi connectivity index (χ0v) is 18.4. The summed E-state index contributed by atoms with van der Waals surface area (Å²) < 4.78 is 5.34. The quantitative estimate of drug-likeness (QED) is 0.291. The van der Waals surface area contributed by atoms with Crippen LogP contribution in [0.25, 0.3) is 0 Å². The van der Waals surface area contributed by atoms with Crippen molar-refractivity contribution in [3.05, 3.63) is 65.2 Å². The summed E-state index contributed by atoms with van der Waals surface area (Å²) in [5.74, 6) is -2.97. The van der Waals surface area contributed by atoms with E-state index in [1.54, 1.807) is 54.6 Å². The van der Waals surface area contributed by atoms with Crippen LogP contribution in [-0.2, 0) is 14.4 Å². The third kappa shape index (κ3) is 5.11. The third-order valence-electron chi connectivity index (χ3n) is 4.41. The Bertz CT molecular complexity index is 1140. The van der Waals surface area contributed by atoms with Crippen LogP contribution in [0.4, 0.5) is 11.4 Å². The lowest BCUT2D eigenvalue weighted by molar-refractivity contribution is -0.131. The fourth-order valence-corrected chi connectivity index (χ4v) is 3.32. The predicted octanol–water partition coefficient (Wildman–Crippen LogP) is 3.19. The second kappa shape index (κ2) is 10.0. The number of benzene rings is 2. The summed E-state index contributed by atoms with van der Waals surface area (Å²) in [5, 5.41) is 14.8. The maximum atomic E-state index is 13.0. The summed E-state index contributed by atoms with van der Waals surface area (Å²) >= 11 is 11.0. The number of hydrogen-bond acceptors (Lipinski definition) is 6. The van der Waals surface area contributed by atoms with Crippen molar-refractivity contribution in [2.75, 3.05) is 16.8 Å². The lowest BCUT2D eigenvalue weighted by Gasteiger charge is -2.31. The van der Waals surface area contributed by atoms with Crippen molar-refractivity contribution < 1.29 is 19.1 Å². The van der Waals surface area contributed by atoms with Crippen LogP contribution in [0, 0.1) is 17.2 Å². The molecule has 1 atom stereocenters. The number of hydrogen-bond donors (Lipinski definition) is 2. The minimum atomic E-state index is -1.42. The number of amides is 3. The molecule has 0 aromatic heterocycles. The molecule has 3 amide bonds. The molecule has 2 N–H and O–H groups in total.